The summed E-state index contributed by atoms with van der Waals surface area (Å²) in [4.78, 5) is 4.48. The molecule has 0 N–H and O–H groups in total. The Bertz CT molecular complexity index is 1060. The van der Waals surface area contributed by atoms with Crippen molar-refractivity contribution in [2.45, 2.75) is 17.8 Å². The van der Waals surface area contributed by atoms with Gasteiger partial charge in [0.25, 0.3) is 0 Å². The molecule has 27 heavy (non-hydrogen) atoms. The maximum Gasteiger partial charge on any atom is 0.237 e. The summed E-state index contributed by atoms with van der Waals surface area (Å²) in [5.41, 5.74) is 2.96. The van der Waals surface area contributed by atoms with E-state index in [0.717, 1.165) is 27.7 Å². The number of ether oxygens (including phenoxy) is 1. The van der Waals surface area contributed by atoms with Gasteiger partial charge in [0.05, 0.1) is 18.6 Å². The molecule has 0 aliphatic heterocycles. The molecule has 2 aromatic heterocycles. The standard InChI is InChI=1S/C19H17N5O2S/c1-13-6-5-7-14(10-13)18-21-17(26-23-18)11-27-19-22-20-12-24(19)15-8-3-4-9-16(15)25-2/h3-10,12H,11H2,1-2H3. The maximum atomic E-state index is 5.42. The summed E-state index contributed by atoms with van der Waals surface area (Å²) in [5.74, 6) is 2.36. The normalized spacial score (nSPS) is 10.9. The highest BCUT2D eigenvalue weighted by Gasteiger charge is 2.14. The number of methoxy groups -OCH3 is 1. The van der Waals surface area contributed by atoms with Crippen LogP contribution in [0.5, 0.6) is 5.75 Å². The molecule has 0 saturated heterocycles. The molecule has 0 unspecified atom stereocenters. The Balaban J connectivity index is 1.52. The molecule has 0 aliphatic carbocycles. The zero-order chi connectivity index (χ0) is 18.6. The van der Waals surface area contributed by atoms with Gasteiger partial charge in [-0.1, -0.05) is 52.8 Å². The molecule has 0 atom stereocenters. The van der Waals surface area contributed by atoms with Crippen molar-refractivity contribution in [3.8, 4) is 22.8 Å². The van der Waals surface area contributed by atoms with Gasteiger partial charge in [-0.15, -0.1) is 10.2 Å². The molecular formula is C19H17N5O2S. The minimum absolute atomic E-state index is 0.493. The quantitative estimate of drug-likeness (QED) is 0.470. The van der Waals surface area contributed by atoms with Gasteiger partial charge in [-0.3, -0.25) is 4.57 Å². The Morgan fingerprint density at radius 1 is 1.15 bits per heavy atom. The first-order valence-corrected chi connectivity index (χ1v) is 9.29. The van der Waals surface area contributed by atoms with E-state index in [-0.39, 0.29) is 0 Å². The Morgan fingerprint density at radius 2 is 2.04 bits per heavy atom. The third-order valence-electron chi connectivity index (χ3n) is 3.93. The van der Waals surface area contributed by atoms with E-state index in [0.29, 0.717) is 17.5 Å². The van der Waals surface area contributed by atoms with E-state index in [1.54, 1.807) is 13.4 Å². The molecule has 8 heteroatoms. The van der Waals surface area contributed by atoms with Gasteiger partial charge in [-0.05, 0) is 25.1 Å². The summed E-state index contributed by atoms with van der Waals surface area (Å²) in [6.45, 7) is 2.03. The van der Waals surface area contributed by atoms with Crippen LogP contribution < -0.4 is 4.74 Å². The van der Waals surface area contributed by atoms with Gasteiger partial charge in [0.15, 0.2) is 5.16 Å². The van der Waals surface area contributed by atoms with Gasteiger partial charge >= 0.3 is 0 Å². The minimum atomic E-state index is 0.493. The molecule has 0 spiro atoms. The van der Waals surface area contributed by atoms with Crippen molar-refractivity contribution in [3.63, 3.8) is 0 Å². The van der Waals surface area contributed by atoms with Crippen molar-refractivity contribution in [1.29, 1.82) is 0 Å². The molecule has 4 rings (SSSR count). The molecule has 7 nitrogen and oxygen atoms in total. The first kappa shape index (κ1) is 17.3. The summed E-state index contributed by atoms with van der Waals surface area (Å²) in [6.07, 6.45) is 1.66. The average molecular weight is 379 g/mol. The van der Waals surface area contributed by atoms with Crippen LogP contribution in [0.1, 0.15) is 11.5 Å². The second kappa shape index (κ2) is 7.63. The SMILES string of the molecule is COc1ccccc1-n1cnnc1SCc1nc(-c2cccc(C)c2)no1. The van der Waals surface area contributed by atoms with Gasteiger partial charge in [-0.25, -0.2) is 0 Å². The van der Waals surface area contributed by atoms with E-state index < -0.39 is 0 Å². The fourth-order valence-electron chi connectivity index (χ4n) is 2.66. The van der Waals surface area contributed by atoms with Crippen LogP contribution in [0.25, 0.3) is 17.1 Å². The molecule has 0 fully saturated rings. The number of aromatic nitrogens is 5. The summed E-state index contributed by atoms with van der Waals surface area (Å²) >= 11 is 1.47. The lowest BCUT2D eigenvalue weighted by molar-refractivity contribution is 0.391. The average Bonchev–Trinajstić information content (AvgIpc) is 3.35. The van der Waals surface area contributed by atoms with Crippen LogP contribution in [0.3, 0.4) is 0 Å². The smallest absolute Gasteiger partial charge is 0.237 e. The first-order chi connectivity index (χ1) is 13.2. The van der Waals surface area contributed by atoms with Crippen molar-refractivity contribution in [3.05, 3.63) is 66.3 Å². The highest BCUT2D eigenvalue weighted by atomic mass is 32.2. The van der Waals surface area contributed by atoms with Crippen LogP contribution in [0.2, 0.25) is 0 Å². The van der Waals surface area contributed by atoms with E-state index in [1.807, 2.05) is 60.0 Å². The predicted octanol–water partition coefficient (Wildman–Crippen LogP) is 3.93. The Kier molecular flexibility index (Phi) is 4.88. The monoisotopic (exact) mass is 379 g/mol. The Hall–Kier alpha value is -3.13. The zero-order valence-corrected chi connectivity index (χ0v) is 15.7. The van der Waals surface area contributed by atoms with Crippen LogP contribution in [0, 0.1) is 6.92 Å². The number of hydrogen-bond acceptors (Lipinski definition) is 7. The van der Waals surface area contributed by atoms with Gasteiger partial charge in [0.1, 0.15) is 12.1 Å². The summed E-state index contributed by atoms with van der Waals surface area (Å²) < 4.78 is 12.7. The summed E-state index contributed by atoms with van der Waals surface area (Å²) in [5, 5.41) is 13.0. The van der Waals surface area contributed by atoms with E-state index in [9.17, 15) is 0 Å². The van der Waals surface area contributed by atoms with Crippen LogP contribution in [-0.2, 0) is 5.75 Å². The number of para-hydroxylation sites is 2. The van der Waals surface area contributed by atoms with Gasteiger partial charge in [0.2, 0.25) is 11.7 Å². The zero-order valence-electron chi connectivity index (χ0n) is 14.9. The van der Waals surface area contributed by atoms with Crippen LogP contribution in [0.15, 0.2) is 64.5 Å². The number of hydrogen-bond donors (Lipinski definition) is 0. The maximum absolute atomic E-state index is 5.42. The Morgan fingerprint density at radius 3 is 2.89 bits per heavy atom. The van der Waals surface area contributed by atoms with Gasteiger partial charge in [-0.2, -0.15) is 4.98 Å². The fourth-order valence-corrected chi connectivity index (χ4v) is 3.42. The van der Waals surface area contributed by atoms with Crippen molar-refractivity contribution in [1.82, 2.24) is 24.9 Å². The second-order valence-electron chi connectivity index (χ2n) is 5.83. The molecule has 0 radical (unpaired) electrons. The molecule has 2 heterocycles. The molecule has 136 valence electrons. The van der Waals surface area contributed by atoms with Crippen LogP contribution in [0.4, 0.5) is 0 Å². The lowest BCUT2D eigenvalue weighted by atomic mass is 10.1. The van der Waals surface area contributed by atoms with E-state index in [2.05, 4.69) is 20.3 Å². The summed E-state index contributed by atoms with van der Waals surface area (Å²) in [7, 11) is 1.64. The first-order valence-electron chi connectivity index (χ1n) is 8.30. The van der Waals surface area contributed by atoms with Crippen molar-refractivity contribution < 1.29 is 9.26 Å². The lowest BCUT2D eigenvalue weighted by Gasteiger charge is -2.10. The number of aryl methyl sites for hydroxylation is 1. The van der Waals surface area contributed by atoms with E-state index in [4.69, 9.17) is 9.26 Å². The summed E-state index contributed by atoms with van der Waals surface area (Å²) in [6, 6.07) is 15.7. The largest absolute Gasteiger partial charge is 0.495 e. The fraction of sp³-hybridized carbons (Fsp3) is 0.158. The molecule has 0 saturated carbocycles. The second-order valence-corrected chi connectivity index (χ2v) is 6.77. The predicted molar refractivity (Wildman–Crippen MR) is 102 cm³/mol. The Labute approximate surface area is 160 Å². The molecule has 0 amide bonds. The minimum Gasteiger partial charge on any atom is -0.495 e. The van der Waals surface area contributed by atoms with Gasteiger partial charge in [0, 0.05) is 5.56 Å². The van der Waals surface area contributed by atoms with E-state index in [1.165, 1.54) is 11.8 Å². The number of benzene rings is 2. The van der Waals surface area contributed by atoms with Crippen molar-refractivity contribution in [2.24, 2.45) is 0 Å². The molecule has 0 aliphatic rings. The molecular weight excluding hydrogens is 362 g/mol. The van der Waals surface area contributed by atoms with Crippen LogP contribution >= 0.6 is 11.8 Å². The molecule has 2 aromatic carbocycles. The third-order valence-corrected chi connectivity index (χ3v) is 4.86. The van der Waals surface area contributed by atoms with E-state index >= 15 is 0 Å². The van der Waals surface area contributed by atoms with Gasteiger partial charge < -0.3 is 9.26 Å². The topological polar surface area (TPSA) is 78.9 Å². The number of thioether (sulfide) groups is 1. The molecule has 4 aromatic rings. The number of nitrogens with zero attached hydrogens (tertiary/aromatic N) is 5. The van der Waals surface area contributed by atoms with Crippen molar-refractivity contribution in [2.75, 3.05) is 7.11 Å². The highest BCUT2D eigenvalue weighted by molar-refractivity contribution is 7.98. The lowest BCUT2D eigenvalue weighted by Crippen LogP contribution is -1.98. The van der Waals surface area contributed by atoms with Crippen molar-refractivity contribution >= 4 is 11.8 Å². The number of rotatable bonds is 6. The third kappa shape index (κ3) is 3.70. The highest BCUT2D eigenvalue weighted by Crippen LogP contribution is 2.28. The molecule has 0 bridgehead atoms. The van der Waals surface area contributed by atoms with Crippen LogP contribution in [-0.4, -0.2) is 32.0 Å².